The third-order valence-corrected chi connectivity index (χ3v) is 1.46. The summed E-state index contributed by atoms with van der Waals surface area (Å²) in [6.45, 7) is 0. The van der Waals surface area contributed by atoms with Gasteiger partial charge in [0.05, 0.1) is 0 Å². The van der Waals surface area contributed by atoms with Gasteiger partial charge in [0.25, 0.3) is 6.43 Å². The average Bonchev–Trinajstić information content (AvgIpc) is 2.19. The molecule has 0 aliphatic carbocycles. The zero-order chi connectivity index (χ0) is 11.8. The van der Waals surface area contributed by atoms with E-state index in [1.807, 2.05) is 0 Å². The molecule has 0 saturated carbocycles. The minimum absolute atomic E-state index is 0.118. The molecular formula is C8H10BF2NO3. The minimum atomic E-state index is -2.66. The highest BCUT2D eigenvalue weighted by Crippen LogP contribution is 2.21. The molecular weight excluding hydrogens is 207 g/mol. The Morgan fingerprint density at radius 2 is 1.80 bits per heavy atom. The molecule has 1 aromatic carbocycles. The maximum absolute atomic E-state index is 12.2. The standard InChI is InChI=1S/C8H7F2NO.BH3O2/c9-7(10)5-3-1-2-4-6(5)8(11)12;2-1-3/h1-4,7H,(H2,11,12);1-3H. The molecule has 7 heteroatoms. The molecule has 1 aromatic rings. The molecule has 0 unspecified atom stereocenters. The third kappa shape index (κ3) is 4.52. The fourth-order valence-electron chi connectivity index (χ4n) is 0.912. The number of benzene rings is 1. The molecule has 82 valence electrons. The molecule has 15 heavy (non-hydrogen) atoms. The quantitative estimate of drug-likeness (QED) is 0.607. The number of halogens is 2. The van der Waals surface area contributed by atoms with Gasteiger partial charge >= 0.3 is 7.69 Å². The van der Waals surface area contributed by atoms with Crippen LogP contribution in [0.5, 0.6) is 0 Å². The lowest BCUT2D eigenvalue weighted by Crippen LogP contribution is -2.13. The largest absolute Gasteiger partial charge is 0.432 e. The van der Waals surface area contributed by atoms with Crippen molar-refractivity contribution in [2.45, 2.75) is 6.43 Å². The van der Waals surface area contributed by atoms with Crippen molar-refractivity contribution in [3.8, 4) is 0 Å². The van der Waals surface area contributed by atoms with Crippen LogP contribution in [0.4, 0.5) is 8.78 Å². The first-order valence-corrected chi connectivity index (χ1v) is 3.93. The summed E-state index contributed by atoms with van der Waals surface area (Å²) in [7, 11) is -0.750. The lowest BCUT2D eigenvalue weighted by atomic mass is 10.1. The summed E-state index contributed by atoms with van der Waals surface area (Å²) in [4.78, 5) is 10.6. The fraction of sp³-hybridized carbons (Fsp3) is 0.125. The Hall–Kier alpha value is -1.47. The summed E-state index contributed by atoms with van der Waals surface area (Å²) in [6.07, 6.45) is -2.66. The van der Waals surface area contributed by atoms with Crippen LogP contribution in [0, 0.1) is 0 Å². The maximum atomic E-state index is 12.2. The molecule has 0 atom stereocenters. The smallest absolute Gasteiger partial charge is 0.430 e. The summed E-state index contributed by atoms with van der Waals surface area (Å²) in [5.74, 6) is -0.828. The van der Waals surface area contributed by atoms with Gasteiger partial charge in [-0.25, -0.2) is 8.78 Å². The van der Waals surface area contributed by atoms with Gasteiger partial charge in [0.1, 0.15) is 0 Å². The Morgan fingerprint density at radius 1 is 1.33 bits per heavy atom. The predicted molar refractivity (Wildman–Crippen MR) is 51.5 cm³/mol. The molecule has 1 rings (SSSR count). The Balaban J connectivity index is 0.000000583. The first-order chi connectivity index (χ1) is 7.04. The molecule has 0 fully saturated rings. The molecule has 0 bridgehead atoms. The lowest BCUT2D eigenvalue weighted by Gasteiger charge is -2.03. The van der Waals surface area contributed by atoms with E-state index in [1.54, 1.807) is 0 Å². The Bertz CT molecular complexity index is 323. The lowest BCUT2D eigenvalue weighted by molar-refractivity contribution is 0.0986. The summed E-state index contributed by atoms with van der Waals surface area (Å²) in [6, 6.07) is 5.40. The number of alkyl halides is 2. The first-order valence-electron chi connectivity index (χ1n) is 3.93. The van der Waals surface area contributed by atoms with Gasteiger partial charge in [-0.05, 0) is 6.07 Å². The van der Waals surface area contributed by atoms with Crippen LogP contribution in [-0.2, 0) is 0 Å². The predicted octanol–water partition coefficient (Wildman–Crippen LogP) is -0.0394. The number of nitrogens with two attached hydrogens (primary N) is 1. The topological polar surface area (TPSA) is 83.6 Å². The number of carbonyl (C=O) groups excluding carboxylic acids is 1. The van der Waals surface area contributed by atoms with Crippen LogP contribution in [0.25, 0.3) is 0 Å². The molecule has 4 nitrogen and oxygen atoms in total. The van der Waals surface area contributed by atoms with Crippen molar-refractivity contribution in [2.75, 3.05) is 0 Å². The monoisotopic (exact) mass is 217 g/mol. The number of primary amides is 1. The zero-order valence-corrected chi connectivity index (χ0v) is 7.73. The van der Waals surface area contributed by atoms with E-state index in [9.17, 15) is 13.6 Å². The Kier molecular flexibility index (Phi) is 6.24. The average molecular weight is 217 g/mol. The van der Waals surface area contributed by atoms with Crippen LogP contribution in [0.2, 0.25) is 0 Å². The van der Waals surface area contributed by atoms with Crippen molar-refractivity contribution in [3.63, 3.8) is 0 Å². The first kappa shape index (κ1) is 13.5. The van der Waals surface area contributed by atoms with E-state index < -0.39 is 20.0 Å². The summed E-state index contributed by atoms with van der Waals surface area (Å²) >= 11 is 0. The number of hydrogen-bond donors (Lipinski definition) is 3. The molecule has 0 spiro atoms. The molecule has 1 amide bonds. The van der Waals surface area contributed by atoms with E-state index in [-0.39, 0.29) is 11.1 Å². The molecule has 0 aliphatic heterocycles. The minimum Gasteiger partial charge on any atom is -0.430 e. The summed E-state index contributed by atoms with van der Waals surface area (Å²) in [5.41, 5.74) is 4.45. The second kappa shape index (κ2) is 6.91. The molecule has 0 saturated heterocycles. The van der Waals surface area contributed by atoms with Gasteiger partial charge in [-0.1, -0.05) is 18.2 Å². The van der Waals surface area contributed by atoms with Crippen LogP contribution in [0.3, 0.4) is 0 Å². The van der Waals surface area contributed by atoms with Gasteiger partial charge in [-0.15, -0.1) is 0 Å². The highest BCUT2D eigenvalue weighted by Gasteiger charge is 2.14. The van der Waals surface area contributed by atoms with Gasteiger partial charge in [0.2, 0.25) is 5.91 Å². The number of hydrogen-bond acceptors (Lipinski definition) is 3. The van der Waals surface area contributed by atoms with Crippen molar-refractivity contribution >= 4 is 13.6 Å². The van der Waals surface area contributed by atoms with Crippen molar-refractivity contribution < 1.29 is 23.6 Å². The summed E-state index contributed by atoms with van der Waals surface area (Å²) < 4.78 is 24.4. The van der Waals surface area contributed by atoms with E-state index in [1.165, 1.54) is 24.3 Å². The SMILES string of the molecule is NC(=O)c1ccccc1C(F)F.OBO. The van der Waals surface area contributed by atoms with Gasteiger partial charge in [0.15, 0.2) is 0 Å². The zero-order valence-electron chi connectivity index (χ0n) is 7.73. The highest BCUT2D eigenvalue weighted by molar-refractivity contribution is 6.13. The molecule has 0 heterocycles. The van der Waals surface area contributed by atoms with Crippen LogP contribution >= 0.6 is 0 Å². The van der Waals surface area contributed by atoms with E-state index in [2.05, 4.69) is 0 Å². The van der Waals surface area contributed by atoms with E-state index in [4.69, 9.17) is 15.8 Å². The Morgan fingerprint density at radius 3 is 2.13 bits per heavy atom. The second-order valence-corrected chi connectivity index (χ2v) is 2.39. The Labute approximate surface area is 85.6 Å². The van der Waals surface area contributed by atoms with Crippen LogP contribution in [0.15, 0.2) is 24.3 Å². The molecule has 0 radical (unpaired) electrons. The van der Waals surface area contributed by atoms with Crippen LogP contribution in [-0.4, -0.2) is 23.6 Å². The molecule has 0 aromatic heterocycles. The van der Waals surface area contributed by atoms with Crippen LogP contribution in [0.1, 0.15) is 22.3 Å². The van der Waals surface area contributed by atoms with Crippen molar-refractivity contribution in [1.29, 1.82) is 0 Å². The van der Waals surface area contributed by atoms with Gasteiger partial charge in [-0.3, -0.25) is 4.79 Å². The normalized spacial score (nSPS) is 9.13. The van der Waals surface area contributed by atoms with Gasteiger partial charge < -0.3 is 15.8 Å². The number of carbonyl (C=O) groups is 1. The number of amides is 1. The van der Waals surface area contributed by atoms with Crippen molar-refractivity contribution in [1.82, 2.24) is 0 Å². The number of rotatable bonds is 2. The van der Waals surface area contributed by atoms with Gasteiger partial charge in [0, 0.05) is 11.1 Å². The molecule has 4 N–H and O–H groups in total. The van der Waals surface area contributed by atoms with E-state index >= 15 is 0 Å². The van der Waals surface area contributed by atoms with E-state index in [0.29, 0.717) is 0 Å². The summed E-state index contributed by atoms with van der Waals surface area (Å²) in [5, 5.41) is 14.2. The van der Waals surface area contributed by atoms with Crippen molar-refractivity contribution in [3.05, 3.63) is 35.4 Å². The molecule has 0 aliphatic rings. The third-order valence-electron chi connectivity index (χ3n) is 1.46. The van der Waals surface area contributed by atoms with Crippen LogP contribution < -0.4 is 5.73 Å². The second-order valence-electron chi connectivity index (χ2n) is 2.39. The fourth-order valence-corrected chi connectivity index (χ4v) is 0.912. The highest BCUT2D eigenvalue weighted by atomic mass is 19.3. The van der Waals surface area contributed by atoms with Gasteiger partial charge in [-0.2, -0.15) is 0 Å². The van der Waals surface area contributed by atoms with Crippen molar-refractivity contribution in [2.24, 2.45) is 5.73 Å². The maximum Gasteiger partial charge on any atom is 0.432 e. The van der Waals surface area contributed by atoms with E-state index in [0.717, 1.165) is 0 Å².